The molecule has 0 atom stereocenters. The van der Waals surface area contributed by atoms with Gasteiger partial charge in [-0.25, -0.2) is 0 Å². The molecule has 0 saturated carbocycles. The summed E-state index contributed by atoms with van der Waals surface area (Å²) in [4.78, 5) is 33.7. The summed E-state index contributed by atoms with van der Waals surface area (Å²) in [5.74, 6) is -0.610. The van der Waals surface area contributed by atoms with E-state index in [9.17, 15) is 9.59 Å². The lowest BCUT2D eigenvalue weighted by Crippen LogP contribution is -2.54. The molecule has 0 N–H and O–H groups in total. The molecule has 2 amide bonds. The first-order chi connectivity index (χ1) is 26.2. The molecule has 1 aromatic carbocycles. The van der Waals surface area contributed by atoms with E-state index < -0.39 is 5.60 Å². The van der Waals surface area contributed by atoms with Crippen LogP contribution in [0.5, 0.6) is 0 Å². The van der Waals surface area contributed by atoms with Crippen LogP contribution in [-0.4, -0.2) is 54.6 Å². The van der Waals surface area contributed by atoms with Gasteiger partial charge in [-0.15, -0.1) is 5.06 Å². The van der Waals surface area contributed by atoms with Crippen molar-refractivity contribution in [2.45, 2.75) is 238 Å². The van der Waals surface area contributed by atoms with E-state index in [-0.39, 0.29) is 11.8 Å². The molecule has 1 aliphatic heterocycles. The molecule has 312 valence electrons. The number of nitrogens with zero attached hydrogens (tertiary/aromatic N) is 2. The second kappa shape index (κ2) is 30.4. The molecule has 0 unspecified atom stereocenters. The highest BCUT2D eigenvalue weighted by molar-refractivity contribution is 6.20. The molecule has 2 rings (SSSR count). The number of hydroxylamine groups is 2. The van der Waals surface area contributed by atoms with Crippen molar-refractivity contribution in [2.24, 2.45) is 0 Å². The molecular weight excluding hydrogens is 665 g/mol. The van der Waals surface area contributed by atoms with E-state index in [1.54, 1.807) is 12.1 Å². The second-order valence-electron chi connectivity index (χ2n) is 18.3. The molecule has 0 bridgehead atoms. The second-order valence-corrected chi connectivity index (χ2v) is 18.3. The fraction of sp³-hybridized carbons (Fsp3) is 0.837. The molecule has 0 spiro atoms. The van der Waals surface area contributed by atoms with Crippen LogP contribution in [-0.2, 0) is 4.84 Å². The van der Waals surface area contributed by atoms with Gasteiger partial charge in [0.2, 0.25) is 0 Å². The summed E-state index contributed by atoms with van der Waals surface area (Å²) >= 11 is 0. The summed E-state index contributed by atoms with van der Waals surface area (Å²) in [7, 11) is 6.63. The normalized spacial score (nSPS) is 13.4. The van der Waals surface area contributed by atoms with Crippen LogP contribution in [0.3, 0.4) is 0 Å². The van der Waals surface area contributed by atoms with E-state index in [1.165, 1.54) is 193 Å². The van der Waals surface area contributed by atoms with Crippen LogP contribution < -0.4 is 0 Å². The van der Waals surface area contributed by atoms with Crippen molar-refractivity contribution < 1.29 is 18.9 Å². The SMILES string of the molecule is CCCCCCCCCCCCCCCCCCC(CCCCCCCCCCCCCCCCCC)(C[N+](C)(C)C)ON1C(=O)c2ccccc2C1=O. The van der Waals surface area contributed by atoms with Gasteiger partial charge in [0.15, 0.2) is 0 Å². The largest absolute Gasteiger partial charge is 0.328 e. The smallest absolute Gasteiger partial charge is 0.285 e. The average molecular weight is 754 g/mol. The average Bonchev–Trinajstić information content (AvgIpc) is 3.38. The number of likely N-dealkylation sites (N-methyl/N-ethyl adjacent to an activating group) is 1. The van der Waals surface area contributed by atoms with Gasteiger partial charge in [0.1, 0.15) is 12.1 Å². The number of imide groups is 1. The molecule has 1 aromatic rings. The van der Waals surface area contributed by atoms with Crippen LogP contribution in [0.1, 0.15) is 253 Å². The van der Waals surface area contributed by atoms with E-state index in [0.29, 0.717) is 11.1 Å². The first kappa shape index (κ1) is 48.4. The van der Waals surface area contributed by atoms with Gasteiger partial charge in [-0.2, -0.15) is 0 Å². The number of rotatable bonds is 38. The minimum atomic E-state index is -0.544. The molecule has 1 aliphatic rings. The minimum Gasteiger partial charge on any atom is -0.328 e. The Bertz CT molecular complexity index is 1010. The number of unbranched alkanes of at least 4 members (excludes halogenated alkanes) is 30. The Balaban J connectivity index is 1.77. The molecule has 0 aliphatic carbocycles. The summed E-state index contributed by atoms with van der Waals surface area (Å²) < 4.78 is 0.737. The van der Waals surface area contributed by atoms with Crippen molar-refractivity contribution >= 4 is 11.8 Å². The molecule has 5 heteroatoms. The minimum absolute atomic E-state index is 0.305. The maximum Gasteiger partial charge on any atom is 0.285 e. The van der Waals surface area contributed by atoms with Gasteiger partial charge in [-0.05, 0) is 25.0 Å². The molecule has 0 fully saturated rings. The van der Waals surface area contributed by atoms with Crippen molar-refractivity contribution in [1.82, 2.24) is 5.06 Å². The maximum absolute atomic E-state index is 13.5. The maximum atomic E-state index is 13.5. The van der Waals surface area contributed by atoms with Crippen molar-refractivity contribution in [2.75, 3.05) is 27.7 Å². The predicted octanol–water partition coefficient (Wildman–Crippen LogP) is 15.0. The van der Waals surface area contributed by atoms with Gasteiger partial charge >= 0.3 is 0 Å². The third-order valence-electron chi connectivity index (χ3n) is 11.8. The van der Waals surface area contributed by atoms with Gasteiger partial charge in [0, 0.05) is 0 Å². The molecule has 0 aromatic heterocycles. The van der Waals surface area contributed by atoms with Crippen molar-refractivity contribution in [1.29, 1.82) is 0 Å². The van der Waals surface area contributed by atoms with Crippen molar-refractivity contribution in [3.63, 3.8) is 0 Å². The van der Waals surface area contributed by atoms with E-state index >= 15 is 0 Å². The predicted molar refractivity (Wildman–Crippen MR) is 232 cm³/mol. The lowest BCUT2D eigenvalue weighted by atomic mass is 9.88. The van der Waals surface area contributed by atoms with Crippen LogP contribution in [0.4, 0.5) is 0 Å². The number of hydrogen-bond donors (Lipinski definition) is 0. The summed E-state index contributed by atoms with van der Waals surface area (Å²) in [6.45, 7) is 5.36. The molecule has 54 heavy (non-hydrogen) atoms. The number of fused-ring (bicyclic) bond motifs is 1. The molecule has 0 radical (unpaired) electrons. The molecule has 0 saturated heterocycles. The van der Waals surface area contributed by atoms with Crippen LogP contribution in [0.15, 0.2) is 24.3 Å². The third-order valence-corrected chi connectivity index (χ3v) is 11.8. The third kappa shape index (κ3) is 22.1. The zero-order valence-electron chi connectivity index (χ0n) is 36.7. The summed E-state index contributed by atoms with van der Waals surface area (Å²) in [5, 5.41) is 1.12. The Kier molecular flexibility index (Phi) is 27.3. The van der Waals surface area contributed by atoms with Crippen LogP contribution in [0, 0.1) is 0 Å². The quantitative estimate of drug-likeness (QED) is 0.0384. The fourth-order valence-electron chi connectivity index (χ4n) is 8.70. The van der Waals surface area contributed by atoms with Crippen LogP contribution in [0.2, 0.25) is 0 Å². The summed E-state index contributed by atoms with van der Waals surface area (Å²) in [6, 6.07) is 7.18. The number of carbonyl (C=O) groups excluding carboxylic acids is 2. The fourth-order valence-corrected chi connectivity index (χ4v) is 8.70. The lowest BCUT2D eigenvalue weighted by Gasteiger charge is -2.40. The Hall–Kier alpha value is -1.72. The first-order valence-electron chi connectivity index (χ1n) is 23.7. The van der Waals surface area contributed by atoms with E-state index in [0.717, 1.165) is 41.8 Å². The Morgan fingerprint density at radius 3 is 0.963 bits per heavy atom. The number of amides is 2. The number of quaternary nitrogens is 1. The number of hydrogen-bond acceptors (Lipinski definition) is 3. The van der Waals surface area contributed by atoms with Gasteiger partial charge in [-0.1, -0.05) is 231 Å². The number of carbonyl (C=O) groups is 2. The van der Waals surface area contributed by atoms with Gasteiger partial charge < -0.3 is 4.48 Å². The number of benzene rings is 1. The Morgan fingerprint density at radius 1 is 0.444 bits per heavy atom. The van der Waals surface area contributed by atoms with Crippen LogP contribution >= 0.6 is 0 Å². The standard InChI is InChI=1S/C49H89N2O3/c1-6-8-10-12-14-16-18-20-22-24-26-28-30-32-34-38-42-49(44-51(3,4)5,54-50-47(52)45-40-36-37-41-46(45)48(50)53)43-39-35-33-31-29-27-25-23-21-19-17-15-13-11-9-7-2/h36-37,40-41H,6-35,38-39,42-44H2,1-5H3/q+1. The Morgan fingerprint density at radius 2 is 0.704 bits per heavy atom. The topological polar surface area (TPSA) is 46.6 Å². The van der Waals surface area contributed by atoms with E-state index in [1.807, 2.05) is 12.1 Å². The zero-order chi connectivity index (χ0) is 39.2. The molecule has 5 nitrogen and oxygen atoms in total. The lowest BCUT2D eigenvalue weighted by molar-refractivity contribution is -0.878. The monoisotopic (exact) mass is 754 g/mol. The summed E-state index contributed by atoms with van der Waals surface area (Å²) in [6.07, 6.45) is 44.9. The van der Waals surface area contributed by atoms with Gasteiger partial charge in [0.05, 0.1) is 32.3 Å². The van der Waals surface area contributed by atoms with Gasteiger partial charge in [-0.3, -0.25) is 14.4 Å². The highest BCUT2D eigenvalue weighted by Crippen LogP contribution is 2.34. The highest BCUT2D eigenvalue weighted by atomic mass is 16.7. The zero-order valence-corrected chi connectivity index (χ0v) is 36.7. The molecular formula is C49H89N2O3+. The van der Waals surface area contributed by atoms with Gasteiger partial charge in [0.25, 0.3) is 11.8 Å². The van der Waals surface area contributed by atoms with E-state index in [4.69, 9.17) is 4.84 Å². The van der Waals surface area contributed by atoms with E-state index in [2.05, 4.69) is 35.0 Å². The van der Waals surface area contributed by atoms with Crippen LogP contribution in [0.25, 0.3) is 0 Å². The summed E-state index contributed by atoms with van der Waals surface area (Å²) in [5.41, 5.74) is 0.385. The van der Waals surface area contributed by atoms with Crippen molar-refractivity contribution in [3.8, 4) is 0 Å². The first-order valence-corrected chi connectivity index (χ1v) is 23.7. The molecule has 1 heterocycles. The Labute approximate surface area is 335 Å². The highest BCUT2D eigenvalue weighted by Gasteiger charge is 2.45. The van der Waals surface area contributed by atoms with Crippen molar-refractivity contribution in [3.05, 3.63) is 35.4 Å².